The maximum absolute atomic E-state index is 14.2. The van der Waals surface area contributed by atoms with Crippen LogP contribution in [0.3, 0.4) is 0 Å². The van der Waals surface area contributed by atoms with Crippen molar-refractivity contribution in [2.24, 2.45) is 0 Å². The molecule has 6 nitrogen and oxygen atoms in total. The van der Waals surface area contributed by atoms with Crippen LogP contribution in [0.15, 0.2) is 42.5 Å². The topological polar surface area (TPSA) is 76.0 Å². The first kappa shape index (κ1) is 23.1. The Hall–Kier alpha value is -2.55. The summed E-state index contributed by atoms with van der Waals surface area (Å²) in [6, 6.07) is 10.0. The highest BCUT2D eigenvalue weighted by molar-refractivity contribution is 5.74. The summed E-state index contributed by atoms with van der Waals surface area (Å²) in [6.07, 6.45) is 0.621. The van der Waals surface area contributed by atoms with Crippen molar-refractivity contribution in [2.45, 2.75) is 38.1 Å². The molecule has 1 aliphatic heterocycles. The summed E-state index contributed by atoms with van der Waals surface area (Å²) >= 11 is 0. The number of likely N-dealkylation sites (tertiary alicyclic amines) is 1. The van der Waals surface area contributed by atoms with Crippen LogP contribution in [0.2, 0.25) is 0 Å². The van der Waals surface area contributed by atoms with Crippen molar-refractivity contribution in [3.05, 3.63) is 70.8 Å². The molecule has 0 saturated carbocycles. The van der Waals surface area contributed by atoms with Gasteiger partial charge in [-0.15, -0.1) is 0 Å². The molecule has 1 atom stereocenters. The van der Waals surface area contributed by atoms with Gasteiger partial charge in [-0.2, -0.15) is 0 Å². The number of aliphatic hydroxyl groups excluding tert-OH is 2. The predicted octanol–water partition coefficient (Wildman–Crippen LogP) is 2.80. The number of benzene rings is 2. The molecule has 0 radical (unpaired) electrons. The van der Waals surface area contributed by atoms with Crippen molar-refractivity contribution in [2.75, 3.05) is 26.7 Å². The van der Waals surface area contributed by atoms with Crippen molar-refractivity contribution >= 4 is 6.03 Å². The average molecular weight is 433 g/mol. The van der Waals surface area contributed by atoms with Crippen LogP contribution in [0.5, 0.6) is 0 Å². The Bertz CT molecular complexity index is 871. The SMILES string of the molecule is CN1CCC(N(Cc2ccc(F)cc2F)C(=O)NCc2ccc(C(O)CO)cc2)CC1. The van der Waals surface area contributed by atoms with Gasteiger partial charge in [-0.1, -0.05) is 30.3 Å². The summed E-state index contributed by atoms with van der Waals surface area (Å²) in [5.41, 5.74) is 1.70. The van der Waals surface area contributed by atoms with E-state index in [-0.39, 0.29) is 37.3 Å². The predicted molar refractivity (Wildman–Crippen MR) is 113 cm³/mol. The van der Waals surface area contributed by atoms with Crippen LogP contribution >= 0.6 is 0 Å². The number of nitrogens with zero attached hydrogens (tertiary/aromatic N) is 2. The van der Waals surface area contributed by atoms with Crippen LogP contribution in [-0.4, -0.2) is 58.8 Å². The monoisotopic (exact) mass is 433 g/mol. The van der Waals surface area contributed by atoms with Gasteiger partial charge < -0.3 is 25.3 Å². The Morgan fingerprint density at radius 1 is 1.19 bits per heavy atom. The molecule has 3 rings (SSSR count). The molecular formula is C23H29F2N3O3. The average Bonchev–Trinajstić information content (AvgIpc) is 2.77. The Morgan fingerprint density at radius 2 is 1.87 bits per heavy atom. The molecule has 0 bridgehead atoms. The molecule has 0 aliphatic carbocycles. The van der Waals surface area contributed by atoms with Gasteiger partial charge in [0, 0.05) is 24.2 Å². The van der Waals surface area contributed by atoms with Crippen LogP contribution in [0.4, 0.5) is 13.6 Å². The molecular weight excluding hydrogens is 404 g/mol. The summed E-state index contributed by atoms with van der Waals surface area (Å²) in [7, 11) is 2.03. The molecule has 31 heavy (non-hydrogen) atoms. The number of halogens is 2. The largest absolute Gasteiger partial charge is 0.393 e. The molecule has 1 aliphatic rings. The van der Waals surface area contributed by atoms with E-state index in [0.717, 1.165) is 37.6 Å². The fourth-order valence-corrected chi connectivity index (χ4v) is 3.75. The fourth-order valence-electron chi connectivity index (χ4n) is 3.75. The lowest BCUT2D eigenvalue weighted by Crippen LogP contribution is -2.49. The number of urea groups is 1. The normalized spacial score (nSPS) is 16.2. The molecule has 2 aromatic carbocycles. The van der Waals surface area contributed by atoms with Gasteiger partial charge in [-0.05, 0) is 50.2 Å². The number of carbonyl (C=O) groups is 1. The molecule has 1 saturated heterocycles. The van der Waals surface area contributed by atoms with Crippen LogP contribution in [0.1, 0.15) is 35.6 Å². The number of piperidine rings is 1. The zero-order valence-electron chi connectivity index (χ0n) is 17.6. The lowest BCUT2D eigenvalue weighted by atomic mass is 10.0. The summed E-state index contributed by atoms with van der Waals surface area (Å²) in [4.78, 5) is 16.9. The van der Waals surface area contributed by atoms with Crippen LogP contribution < -0.4 is 5.32 Å². The Labute approximate surface area is 181 Å². The first-order valence-electron chi connectivity index (χ1n) is 10.4. The maximum Gasteiger partial charge on any atom is 0.318 e. The molecule has 1 unspecified atom stereocenters. The van der Waals surface area contributed by atoms with E-state index in [4.69, 9.17) is 5.11 Å². The smallest absolute Gasteiger partial charge is 0.318 e. The lowest BCUT2D eigenvalue weighted by Gasteiger charge is -2.37. The number of amides is 2. The van der Waals surface area contributed by atoms with Gasteiger partial charge >= 0.3 is 6.03 Å². The van der Waals surface area contributed by atoms with Crippen LogP contribution in [0.25, 0.3) is 0 Å². The van der Waals surface area contributed by atoms with E-state index in [2.05, 4.69) is 10.2 Å². The Balaban J connectivity index is 1.69. The van der Waals surface area contributed by atoms with Crippen molar-refractivity contribution in [1.82, 2.24) is 15.1 Å². The minimum Gasteiger partial charge on any atom is -0.393 e. The summed E-state index contributed by atoms with van der Waals surface area (Å²) in [5, 5.41) is 21.6. The zero-order valence-corrected chi connectivity index (χ0v) is 17.6. The van der Waals surface area contributed by atoms with Crippen molar-refractivity contribution < 1.29 is 23.8 Å². The fraction of sp³-hybridized carbons (Fsp3) is 0.435. The second-order valence-electron chi connectivity index (χ2n) is 8.00. The second-order valence-corrected chi connectivity index (χ2v) is 8.00. The van der Waals surface area contributed by atoms with Gasteiger partial charge in [-0.3, -0.25) is 0 Å². The first-order chi connectivity index (χ1) is 14.9. The second kappa shape index (κ2) is 10.7. The van der Waals surface area contributed by atoms with Gasteiger partial charge in [0.25, 0.3) is 0 Å². The van der Waals surface area contributed by atoms with E-state index in [1.165, 1.54) is 12.1 Å². The number of hydrogen-bond acceptors (Lipinski definition) is 4. The minimum absolute atomic E-state index is 0.0391. The van der Waals surface area contributed by atoms with Crippen molar-refractivity contribution in [1.29, 1.82) is 0 Å². The molecule has 2 amide bonds. The van der Waals surface area contributed by atoms with Gasteiger partial charge in [0.1, 0.15) is 17.7 Å². The van der Waals surface area contributed by atoms with Crippen molar-refractivity contribution in [3.63, 3.8) is 0 Å². The molecule has 3 N–H and O–H groups in total. The van der Waals surface area contributed by atoms with E-state index in [1.54, 1.807) is 29.2 Å². The Morgan fingerprint density at radius 3 is 2.48 bits per heavy atom. The minimum atomic E-state index is -0.936. The number of aliphatic hydroxyl groups is 2. The third-order valence-corrected chi connectivity index (χ3v) is 5.73. The summed E-state index contributed by atoms with van der Waals surface area (Å²) in [5.74, 6) is -1.31. The number of hydrogen-bond donors (Lipinski definition) is 3. The standard InChI is InChI=1S/C23H29F2N3O3/c1-27-10-8-20(9-11-27)28(14-18-6-7-19(24)12-21(18)25)23(31)26-13-16-2-4-17(5-3-16)22(30)15-29/h2-7,12,20,22,29-30H,8-11,13-15H2,1H3,(H,26,31). The Kier molecular flexibility index (Phi) is 7.95. The zero-order chi connectivity index (χ0) is 22.4. The third kappa shape index (κ3) is 6.22. The van der Waals surface area contributed by atoms with Crippen molar-refractivity contribution in [3.8, 4) is 0 Å². The quantitative estimate of drug-likeness (QED) is 0.628. The summed E-state index contributed by atoms with van der Waals surface area (Å²) < 4.78 is 27.5. The van der Waals surface area contributed by atoms with Crippen LogP contribution in [-0.2, 0) is 13.1 Å². The van der Waals surface area contributed by atoms with E-state index >= 15 is 0 Å². The van der Waals surface area contributed by atoms with E-state index < -0.39 is 17.7 Å². The molecule has 0 aromatic heterocycles. The molecule has 0 spiro atoms. The number of rotatable bonds is 7. The van der Waals surface area contributed by atoms with E-state index in [9.17, 15) is 18.7 Å². The third-order valence-electron chi connectivity index (χ3n) is 5.73. The highest BCUT2D eigenvalue weighted by Gasteiger charge is 2.27. The van der Waals surface area contributed by atoms with Crippen LogP contribution in [0, 0.1) is 11.6 Å². The molecule has 168 valence electrons. The highest BCUT2D eigenvalue weighted by Crippen LogP contribution is 2.21. The molecule has 1 heterocycles. The maximum atomic E-state index is 14.2. The molecule has 2 aromatic rings. The van der Waals surface area contributed by atoms with Gasteiger partial charge in [-0.25, -0.2) is 13.6 Å². The highest BCUT2D eigenvalue weighted by atomic mass is 19.1. The summed E-state index contributed by atoms with van der Waals surface area (Å²) in [6.45, 7) is 1.66. The lowest BCUT2D eigenvalue weighted by molar-refractivity contribution is 0.0956. The number of carbonyl (C=O) groups excluding carboxylic acids is 1. The number of nitrogens with one attached hydrogen (secondary N) is 1. The van der Waals surface area contributed by atoms with Gasteiger partial charge in [0.2, 0.25) is 0 Å². The van der Waals surface area contributed by atoms with E-state index in [1.807, 2.05) is 7.05 Å². The van der Waals surface area contributed by atoms with Gasteiger partial charge in [0.05, 0.1) is 13.2 Å². The van der Waals surface area contributed by atoms with E-state index in [0.29, 0.717) is 5.56 Å². The molecule has 8 heteroatoms. The van der Waals surface area contributed by atoms with Gasteiger partial charge in [0.15, 0.2) is 0 Å². The first-order valence-corrected chi connectivity index (χ1v) is 10.4. The molecule has 1 fully saturated rings.